The lowest BCUT2D eigenvalue weighted by atomic mass is 10.0. The zero-order chi connectivity index (χ0) is 12.3. The summed E-state index contributed by atoms with van der Waals surface area (Å²) in [5.74, 6) is -0.387. The Hall–Kier alpha value is -1.82. The minimum Gasteiger partial charge on any atom is -0.456 e. The van der Waals surface area contributed by atoms with Gasteiger partial charge in [0.2, 0.25) is 0 Å². The van der Waals surface area contributed by atoms with Crippen molar-refractivity contribution in [3.8, 4) is 6.07 Å². The standard InChI is InChI=1S/C13H15NO2/c1-9-10(8-14)6-5-7-11(9)12(15)16-13(2,3)4/h5-7H,1-4H3. The molecule has 0 unspecified atom stereocenters. The number of benzene rings is 1. The molecular weight excluding hydrogens is 202 g/mol. The summed E-state index contributed by atoms with van der Waals surface area (Å²) in [6, 6.07) is 7.09. The van der Waals surface area contributed by atoms with Crippen LogP contribution >= 0.6 is 0 Å². The molecule has 0 N–H and O–H groups in total. The van der Waals surface area contributed by atoms with Crippen LogP contribution in [0.4, 0.5) is 0 Å². The number of carbonyl (C=O) groups excluding carboxylic acids is 1. The van der Waals surface area contributed by atoms with E-state index in [2.05, 4.69) is 0 Å². The molecule has 0 spiro atoms. The molecule has 0 saturated heterocycles. The minimum absolute atomic E-state index is 0.387. The molecule has 3 heteroatoms. The molecule has 0 heterocycles. The lowest BCUT2D eigenvalue weighted by Crippen LogP contribution is -2.24. The van der Waals surface area contributed by atoms with Gasteiger partial charge in [-0.2, -0.15) is 5.26 Å². The van der Waals surface area contributed by atoms with Crippen LogP contribution in [0.1, 0.15) is 42.3 Å². The van der Waals surface area contributed by atoms with Crippen molar-refractivity contribution >= 4 is 5.97 Å². The molecule has 0 aromatic heterocycles. The number of hydrogen-bond acceptors (Lipinski definition) is 3. The van der Waals surface area contributed by atoms with Gasteiger partial charge < -0.3 is 4.74 Å². The molecule has 84 valence electrons. The van der Waals surface area contributed by atoms with Gasteiger partial charge >= 0.3 is 5.97 Å². The monoisotopic (exact) mass is 217 g/mol. The van der Waals surface area contributed by atoms with Crippen molar-refractivity contribution in [1.82, 2.24) is 0 Å². The van der Waals surface area contributed by atoms with E-state index in [0.29, 0.717) is 16.7 Å². The molecule has 0 saturated carbocycles. The fourth-order valence-corrected chi connectivity index (χ4v) is 1.31. The Morgan fingerprint density at radius 1 is 1.38 bits per heavy atom. The van der Waals surface area contributed by atoms with Gasteiger partial charge in [-0.3, -0.25) is 0 Å². The van der Waals surface area contributed by atoms with Crippen LogP contribution in [0, 0.1) is 18.3 Å². The van der Waals surface area contributed by atoms with Crippen molar-refractivity contribution in [3.63, 3.8) is 0 Å². The Balaban J connectivity index is 3.07. The zero-order valence-electron chi connectivity index (χ0n) is 10.00. The Morgan fingerprint density at radius 2 is 2.00 bits per heavy atom. The van der Waals surface area contributed by atoms with Gasteiger partial charge in [0.25, 0.3) is 0 Å². The van der Waals surface area contributed by atoms with Crippen molar-refractivity contribution in [2.45, 2.75) is 33.3 Å². The summed E-state index contributed by atoms with van der Waals surface area (Å²) in [6.07, 6.45) is 0. The fourth-order valence-electron chi connectivity index (χ4n) is 1.31. The topological polar surface area (TPSA) is 50.1 Å². The molecule has 0 aliphatic carbocycles. The molecule has 0 atom stereocenters. The van der Waals surface area contributed by atoms with E-state index in [0.717, 1.165) is 0 Å². The van der Waals surface area contributed by atoms with Gasteiger partial charge in [-0.25, -0.2) is 4.79 Å². The molecule has 0 aliphatic rings. The van der Waals surface area contributed by atoms with Gasteiger partial charge in [-0.1, -0.05) is 6.07 Å². The van der Waals surface area contributed by atoms with Gasteiger partial charge in [0.05, 0.1) is 17.2 Å². The molecule has 0 aliphatic heterocycles. The van der Waals surface area contributed by atoms with E-state index in [1.807, 2.05) is 26.8 Å². The number of esters is 1. The molecular formula is C13H15NO2. The van der Waals surface area contributed by atoms with E-state index in [4.69, 9.17) is 10.00 Å². The second-order valence-corrected chi connectivity index (χ2v) is 4.59. The van der Waals surface area contributed by atoms with Gasteiger partial charge in [-0.15, -0.1) is 0 Å². The lowest BCUT2D eigenvalue weighted by Gasteiger charge is -2.20. The first-order valence-electron chi connectivity index (χ1n) is 5.08. The zero-order valence-corrected chi connectivity index (χ0v) is 10.00. The molecule has 3 nitrogen and oxygen atoms in total. The van der Waals surface area contributed by atoms with E-state index < -0.39 is 5.60 Å². The highest BCUT2D eigenvalue weighted by Crippen LogP contribution is 2.17. The van der Waals surface area contributed by atoms with Crippen molar-refractivity contribution in [2.75, 3.05) is 0 Å². The maximum Gasteiger partial charge on any atom is 0.338 e. The second kappa shape index (κ2) is 4.36. The number of rotatable bonds is 1. The predicted molar refractivity (Wildman–Crippen MR) is 61.1 cm³/mol. The summed E-state index contributed by atoms with van der Waals surface area (Å²) in [4.78, 5) is 11.8. The second-order valence-electron chi connectivity index (χ2n) is 4.59. The van der Waals surface area contributed by atoms with E-state index in [-0.39, 0.29) is 5.97 Å². The normalized spacial score (nSPS) is 10.7. The highest BCUT2D eigenvalue weighted by atomic mass is 16.6. The highest BCUT2D eigenvalue weighted by Gasteiger charge is 2.19. The maximum atomic E-state index is 11.8. The van der Waals surface area contributed by atoms with E-state index in [1.54, 1.807) is 25.1 Å². The van der Waals surface area contributed by atoms with Crippen LogP contribution in [0.2, 0.25) is 0 Å². The Morgan fingerprint density at radius 3 is 2.50 bits per heavy atom. The van der Waals surface area contributed by atoms with Crippen molar-refractivity contribution in [3.05, 3.63) is 34.9 Å². The van der Waals surface area contributed by atoms with Crippen LogP contribution in [-0.4, -0.2) is 11.6 Å². The van der Waals surface area contributed by atoms with Crippen LogP contribution in [0.15, 0.2) is 18.2 Å². The van der Waals surface area contributed by atoms with Crippen LogP contribution in [0.25, 0.3) is 0 Å². The van der Waals surface area contributed by atoms with Gasteiger partial charge in [0, 0.05) is 0 Å². The number of carbonyl (C=O) groups is 1. The third-order valence-electron chi connectivity index (χ3n) is 2.07. The number of ether oxygens (including phenoxy) is 1. The number of nitriles is 1. The quantitative estimate of drug-likeness (QED) is 0.679. The van der Waals surface area contributed by atoms with E-state index >= 15 is 0 Å². The van der Waals surface area contributed by atoms with Crippen LogP contribution < -0.4 is 0 Å². The first-order chi connectivity index (χ1) is 7.35. The molecule has 0 bridgehead atoms. The van der Waals surface area contributed by atoms with Crippen molar-refractivity contribution in [1.29, 1.82) is 5.26 Å². The molecule has 1 aromatic rings. The Kier molecular flexibility index (Phi) is 3.34. The number of nitrogens with zero attached hydrogens (tertiary/aromatic N) is 1. The van der Waals surface area contributed by atoms with Gasteiger partial charge in [-0.05, 0) is 45.4 Å². The van der Waals surface area contributed by atoms with E-state index in [9.17, 15) is 4.79 Å². The minimum atomic E-state index is -0.522. The third kappa shape index (κ3) is 2.83. The average Bonchev–Trinajstić information content (AvgIpc) is 2.15. The Labute approximate surface area is 95.7 Å². The van der Waals surface area contributed by atoms with Crippen molar-refractivity contribution in [2.24, 2.45) is 0 Å². The van der Waals surface area contributed by atoms with E-state index in [1.165, 1.54) is 0 Å². The summed E-state index contributed by atoms with van der Waals surface area (Å²) in [6.45, 7) is 7.19. The van der Waals surface area contributed by atoms with Gasteiger partial charge in [0.1, 0.15) is 5.60 Å². The summed E-state index contributed by atoms with van der Waals surface area (Å²) in [5, 5.41) is 8.86. The molecule has 1 rings (SSSR count). The summed E-state index contributed by atoms with van der Waals surface area (Å²) >= 11 is 0. The first-order valence-corrected chi connectivity index (χ1v) is 5.08. The largest absolute Gasteiger partial charge is 0.456 e. The highest BCUT2D eigenvalue weighted by molar-refractivity contribution is 5.91. The van der Waals surface area contributed by atoms with Gasteiger partial charge in [0.15, 0.2) is 0 Å². The maximum absolute atomic E-state index is 11.8. The van der Waals surface area contributed by atoms with Crippen LogP contribution in [0.3, 0.4) is 0 Å². The number of hydrogen-bond donors (Lipinski definition) is 0. The molecule has 16 heavy (non-hydrogen) atoms. The smallest absolute Gasteiger partial charge is 0.338 e. The molecule has 1 aromatic carbocycles. The molecule has 0 fully saturated rings. The summed E-state index contributed by atoms with van der Waals surface area (Å²) < 4.78 is 5.26. The van der Waals surface area contributed by atoms with Crippen molar-refractivity contribution < 1.29 is 9.53 Å². The lowest BCUT2D eigenvalue weighted by molar-refractivity contribution is 0.00687. The van der Waals surface area contributed by atoms with Crippen LogP contribution in [-0.2, 0) is 4.74 Å². The SMILES string of the molecule is Cc1c(C#N)cccc1C(=O)OC(C)(C)C. The molecule has 0 amide bonds. The van der Waals surface area contributed by atoms with Crippen LogP contribution in [0.5, 0.6) is 0 Å². The molecule has 0 radical (unpaired) electrons. The summed E-state index contributed by atoms with van der Waals surface area (Å²) in [7, 11) is 0. The average molecular weight is 217 g/mol. The fraction of sp³-hybridized carbons (Fsp3) is 0.385. The summed E-state index contributed by atoms with van der Waals surface area (Å²) in [5.41, 5.74) is 1.10. The first kappa shape index (κ1) is 12.3. The predicted octanol–water partition coefficient (Wildman–Crippen LogP) is 2.82. The third-order valence-corrected chi connectivity index (χ3v) is 2.07. The Bertz CT molecular complexity index is 450.